The van der Waals surface area contributed by atoms with Gasteiger partial charge in [-0.1, -0.05) is 0 Å². The van der Waals surface area contributed by atoms with E-state index in [4.69, 9.17) is 4.74 Å². The molecule has 0 amide bonds. The van der Waals surface area contributed by atoms with E-state index in [-0.39, 0.29) is 5.78 Å². The highest BCUT2D eigenvalue weighted by molar-refractivity contribution is 5.91. The van der Waals surface area contributed by atoms with E-state index < -0.39 is 0 Å². The molecule has 2 aliphatic rings. The molecule has 3 nitrogen and oxygen atoms in total. The zero-order valence-electron chi connectivity index (χ0n) is 8.42. The van der Waals surface area contributed by atoms with Crippen molar-refractivity contribution in [2.75, 3.05) is 13.2 Å². The number of carbonyl (C=O) groups excluding carboxylic acids is 1. The summed E-state index contributed by atoms with van der Waals surface area (Å²) < 4.78 is 5.50. The molecule has 0 aromatic heterocycles. The van der Waals surface area contributed by atoms with Gasteiger partial charge in [0.05, 0.1) is 6.10 Å². The molecule has 0 radical (unpaired) electrons. The van der Waals surface area contributed by atoms with Crippen LogP contribution >= 0.6 is 0 Å². The normalized spacial score (nSPS) is 27.6. The standard InChI is InChI=1S/C11H17NO2/c13-10-4-1-3-9(7-10)12-8-11-5-2-6-14-11/h7,11-12H,1-6,8H2/t11-/m0/s1. The predicted molar refractivity (Wildman–Crippen MR) is 53.9 cm³/mol. The van der Waals surface area contributed by atoms with Crippen molar-refractivity contribution in [2.45, 2.75) is 38.2 Å². The van der Waals surface area contributed by atoms with Crippen molar-refractivity contribution in [1.82, 2.24) is 5.32 Å². The van der Waals surface area contributed by atoms with Crippen molar-refractivity contribution >= 4 is 5.78 Å². The molecule has 1 aliphatic heterocycles. The zero-order valence-corrected chi connectivity index (χ0v) is 8.42. The summed E-state index contributed by atoms with van der Waals surface area (Å²) in [7, 11) is 0. The fraction of sp³-hybridized carbons (Fsp3) is 0.727. The van der Waals surface area contributed by atoms with Gasteiger partial charge in [-0.3, -0.25) is 4.79 Å². The fourth-order valence-electron chi connectivity index (χ4n) is 1.98. The minimum absolute atomic E-state index is 0.256. The van der Waals surface area contributed by atoms with E-state index in [1.807, 2.05) is 0 Å². The number of carbonyl (C=O) groups is 1. The summed E-state index contributed by atoms with van der Waals surface area (Å²) in [6.45, 7) is 1.75. The van der Waals surface area contributed by atoms with Gasteiger partial charge >= 0.3 is 0 Å². The molecule has 1 saturated heterocycles. The summed E-state index contributed by atoms with van der Waals surface area (Å²) in [5.74, 6) is 0.256. The SMILES string of the molecule is O=C1C=C(NC[C@@H]2CCCO2)CCC1. The van der Waals surface area contributed by atoms with Gasteiger partial charge in [-0.25, -0.2) is 0 Å². The molecule has 1 atom stereocenters. The maximum atomic E-state index is 11.1. The van der Waals surface area contributed by atoms with Crippen LogP contribution in [-0.2, 0) is 9.53 Å². The number of hydrogen-bond acceptors (Lipinski definition) is 3. The molecule has 14 heavy (non-hydrogen) atoms. The first-order valence-corrected chi connectivity index (χ1v) is 5.43. The minimum Gasteiger partial charge on any atom is -0.386 e. The molecule has 1 N–H and O–H groups in total. The van der Waals surface area contributed by atoms with E-state index in [0.717, 1.165) is 38.1 Å². The van der Waals surface area contributed by atoms with Crippen LogP contribution in [0.2, 0.25) is 0 Å². The van der Waals surface area contributed by atoms with Crippen LogP contribution < -0.4 is 5.32 Å². The molecule has 0 bridgehead atoms. The van der Waals surface area contributed by atoms with Gasteiger partial charge in [0.25, 0.3) is 0 Å². The maximum absolute atomic E-state index is 11.1. The highest BCUT2D eigenvalue weighted by Crippen LogP contribution is 2.15. The zero-order chi connectivity index (χ0) is 9.80. The Hall–Kier alpha value is -0.830. The van der Waals surface area contributed by atoms with Crippen LogP contribution in [0.25, 0.3) is 0 Å². The van der Waals surface area contributed by atoms with Crippen molar-refractivity contribution in [3.8, 4) is 0 Å². The number of allylic oxidation sites excluding steroid dienone is 2. The van der Waals surface area contributed by atoms with Crippen LogP contribution in [0.1, 0.15) is 32.1 Å². The largest absolute Gasteiger partial charge is 0.386 e. The number of rotatable bonds is 3. The minimum atomic E-state index is 0.256. The van der Waals surface area contributed by atoms with E-state index in [1.165, 1.54) is 6.42 Å². The van der Waals surface area contributed by atoms with E-state index in [2.05, 4.69) is 5.32 Å². The van der Waals surface area contributed by atoms with Crippen molar-refractivity contribution in [3.63, 3.8) is 0 Å². The molecule has 3 heteroatoms. The lowest BCUT2D eigenvalue weighted by molar-refractivity contribution is -0.115. The fourth-order valence-corrected chi connectivity index (χ4v) is 1.98. The average Bonchev–Trinajstić information content (AvgIpc) is 2.67. The molecule has 2 rings (SSSR count). The maximum Gasteiger partial charge on any atom is 0.157 e. The predicted octanol–water partition coefficient (Wildman–Crippen LogP) is 1.39. The highest BCUT2D eigenvalue weighted by Gasteiger charge is 2.16. The summed E-state index contributed by atoms with van der Waals surface area (Å²) >= 11 is 0. The Bertz CT molecular complexity index is 242. The highest BCUT2D eigenvalue weighted by atomic mass is 16.5. The first-order valence-electron chi connectivity index (χ1n) is 5.43. The first-order chi connectivity index (χ1) is 6.84. The van der Waals surface area contributed by atoms with Crippen molar-refractivity contribution < 1.29 is 9.53 Å². The third-order valence-corrected chi connectivity index (χ3v) is 2.79. The third kappa shape index (κ3) is 2.58. The molecule has 0 aromatic rings. The van der Waals surface area contributed by atoms with Gasteiger partial charge in [-0.2, -0.15) is 0 Å². The second-order valence-electron chi connectivity index (χ2n) is 4.01. The summed E-state index contributed by atoms with van der Waals surface area (Å²) in [6, 6.07) is 0. The topological polar surface area (TPSA) is 38.3 Å². The lowest BCUT2D eigenvalue weighted by Gasteiger charge is -2.17. The lowest BCUT2D eigenvalue weighted by atomic mass is 10.0. The molecule has 0 unspecified atom stereocenters. The number of hydrogen-bond donors (Lipinski definition) is 1. The van der Waals surface area contributed by atoms with Gasteiger partial charge in [0.2, 0.25) is 0 Å². The van der Waals surface area contributed by atoms with Crippen molar-refractivity contribution in [2.24, 2.45) is 0 Å². The van der Waals surface area contributed by atoms with Crippen LogP contribution in [-0.4, -0.2) is 25.0 Å². The van der Waals surface area contributed by atoms with Gasteiger partial charge in [0.15, 0.2) is 5.78 Å². The van der Waals surface area contributed by atoms with Gasteiger partial charge in [0.1, 0.15) is 0 Å². The Balaban J connectivity index is 1.76. The Morgan fingerprint density at radius 3 is 3.07 bits per heavy atom. The molecule has 0 aromatic carbocycles. The van der Waals surface area contributed by atoms with Gasteiger partial charge in [0, 0.05) is 31.3 Å². The number of ketones is 1. The van der Waals surface area contributed by atoms with E-state index in [9.17, 15) is 4.79 Å². The molecular weight excluding hydrogens is 178 g/mol. The quantitative estimate of drug-likeness (QED) is 0.739. The Labute approximate surface area is 84.5 Å². The molecule has 0 spiro atoms. The lowest BCUT2D eigenvalue weighted by Crippen LogP contribution is -2.27. The number of ether oxygens (including phenoxy) is 1. The molecular formula is C11H17NO2. The Kier molecular flexibility index (Phi) is 3.19. The van der Waals surface area contributed by atoms with Crippen LogP contribution in [0.15, 0.2) is 11.8 Å². The number of nitrogens with one attached hydrogen (secondary N) is 1. The van der Waals surface area contributed by atoms with E-state index >= 15 is 0 Å². The van der Waals surface area contributed by atoms with Crippen LogP contribution in [0.4, 0.5) is 0 Å². The third-order valence-electron chi connectivity index (χ3n) is 2.79. The summed E-state index contributed by atoms with van der Waals surface area (Å²) in [4.78, 5) is 11.1. The van der Waals surface area contributed by atoms with Crippen molar-refractivity contribution in [1.29, 1.82) is 0 Å². The van der Waals surface area contributed by atoms with Gasteiger partial charge < -0.3 is 10.1 Å². The van der Waals surface area contributed by atoms with Crippen LogP contribution in [0.3, 0.4) is 0 Å². The summed E-state index contributed by atoms with van der Waals surface area (Å²) in [5.41, 5.74) is 1.09. The average molecular weight is 195 g/mol. The van der Waals surface area contributed by atoms with Gasteiger partial charge in [-0.15, -0.1) is 0 Å². The molecule has 0 saturated carbocycles. The summed E-state index contributed by atoms with van der Waals surface area (Å²) in [5, 5.41) is 3.31. The van der Waals surface area contributed by atoms with Crippen LogP contribution in [0, 0.1) is 0 Å². The monoisotopic (exact) mass is 195 g/mol. The van der Waals surface area contributed by atoms with Crippen molar-refractivity contribution in [3.05, 3.63) is 11.8 Å². The molecule has 1 fully saturated rings. The molecule has 1 aliphatic carbocycles. The first kappa shape index (κ1) is 9.71. The summed E-state index contributed by atoms with van der Waals surface area (Å²) in [6.07, 6.45) is 7.14. The molecule has 78 valence electrons. The van der Waals surface area contributed by atoms with Crippen LogP contribution in [0.5, 0.6) is 0 Å². The Morgan fingerprint density at radius 1 is 1.43 bits per heavy atom. The van der Waals surface area contributed by atoms with Gasteiger partial charge in [-0.05, 0) is 25.7 Å². The van der Waals surface area contributed by atoms with E-state index in [0.29, 0.717) is 12.5 Å². The second-order valence-corrected chi connectivity index (χ2v) is 4.01. The smallest absolute Gasteiger partial charge is 0.157 e. The molecule has 1 heterocycles. The Morgan fingerprint density at radius 2 is 2.36 bits per heavy atom. The second kappa shape index (κ2) is 4.60. The van der Waals surface area contributed by atoms with E-state index in [1.54, 1.807) is 6.08 Å².